The number of nitrogens with one attached hydrogen (secondary N) is 1. The van der Waals surface area contributed by atoms with Crippen molar-refractivity contribution in [1.82, 2.24) is 0 Å². The van der Waals surface area contributed by atoms with Gasteiger partial charge in [-0.15, -0.1) is 0 Å². The second-order valence-electron chi connectivity index (χ2n) is 6.70. The molecule has 0 radical (unpaired) electrons. The second kappa shape index (κ2) is 6.30. The predicted molar refractivity (Wildman–Crippen MR) is 97.0 cm³/mol. The van der Waals surface area contributed by atoms with Crippen molar-refractivity contribution < 1.29 is 9.47 Å². The van der Waals surface area contributed by atoms with Gasteiger partial charge in [-0.2, -0.15) is 0 Å². The van der Waals surface area contributed by atoms with Crippen LogP contribution in [0.25, 0.3) is 0 Å². The van der Waals surface area contributed by atoms with E-state index in [9.17, 15) is 0 Å². The fraction of sp³-hybridized carbons (Fsp3) is 0.400. The highest BCUT2D eigenvalue weighted by molar-refractivity contribution is 6.32. The molecule has 0 unspecified atom stereocenters. The number of hydrogen-bond donors (Lipinski definition) is 1. The number of benzene rings is 2. The first-order chi connectivity index (χ1) is 11.7. The monoisotopic (exact) mass is 343 g/mol. The largest absolute Gasteiger partial charge is 0.495 e. The van der Waals surface area contributed by atoms with Crippen LogP contribution < -0.4 is 10.1 Å². The van der Waals surface area contributed by atoms with Crippen molar-refractivity contribution in [2.75, 3.05) is 19.0 Å². The lowest BCUT2D eigenvalue weighted by Gasteiger charge is -2.43. The van der Waals surface area contributed by atoms with Crippen molar-refractivity contribution in [2.24, 2.45) is 5.92 Å². The normalized spacial score (nSPS) is 25.4. The molecule has 1 N–H and O–H groups in total. The summed E-state index contributed by atoms with van der Waals surface area (Å²) in [6, 6.07) is 12.8. The van der Waals surface area contributed by atoms with E-state index in [4.69, 9.17) is 21.1 Å². The van der Waals surface area contributed by atoms with E-state index >= 15 is 0 Å². The maximum Gasteiger partial charge on any atom is 0.137 e. The molecule has 0 aliphatic carbocycles. The molecule has 0 bridgehead atoms. The number of halogens is 1. The van der Waals surface area contributed by atoms with E-state index in [1.807, 2.05) is 12.1 Å². The van der Waals surface area contributed by atoms with Crippen molar-refractivity contribution >= 4 is 17.3 Å². The maximum atomic E-state index is 6.36. The van der Waals surface area contributed by atoms with Gasteiger partial charge in [0.25, 0.3) is 0 Å². The second-order valence-corrected chi connectivity index (χ2v) is 7.11. The van der Waals surface area contributed by atoms with E-state index in [0.717, 1.165) is 19.4 Å². The van der Waals surface area contributed by atoms with Crippen molar-refractivity contribution in [1.29, 1.82) is 0 Å². The van der Waals surface area contributed by atoms with Gasteiger partial charge in [-0.25, -0.2) is 0 Å². The highest BCUT2D eigenvalue weighted by atomic mass is 35.5. The van der Waals surface area contributed by atoms with Crippen LogP contribution in [0.5, 0.6) is 5.75 Å². The average molecular weight is 344 g/mol. The topological polar surface area (TPSA) is 30.5 Å². The summed E-state index contributed by atoms with van der Waals surface area (Å²) in [4.78, 5) is 0. The Kier molecular flexibility index (Phi) is 4.15. The molecular formula is C20H22ClNO2. The molecule has 1 fully saturated rings. The summed E-state index contributed by atoms with van der Waals surface area (Å²) in [7, 11) is 1.64. The van der Waals surface area contributed by atoms with E-state index in [1.165, 1.54) is 22.4 Å². The van der Waals surface area contributed by atoms with Gasteiger partial charge in [0.05, 0.1) is 24.3 Å². The molecule has 2 aliphatic rings. The summed E-state index contributed by atoms with van der Waals surface area (Å²) in [6.07, 6.45) is 2.41. The lowest BCUT2D eigenvalue weighted by molar-refractivity contribution is -0.0381. The summed E-state index contributed by atoms with van der Waals surface area (Å²) in [6.45, 7) is 2.97. The molecular weight excluding hydrogens is 322 g/mol. The van der Waals surface area contributed by atoms with Crippen molar-refractivity contribution in [3.8, 4) is 5.75 Å². The first-order valence-electron chi connectivity index (χ1n) is 8.49. The number of fused-ring (bicyclic) bond motifs is 3. The molecule has 2 heterocycles. The van der Waals surface area contributed by atoms with E-state index < -0.39 is 0 Å². The minimum atomic E-state index is 0.153. The molecule has 2 aliphatic heterocycles. The van der Waals surface area contributed by atoms with E-state index in [2.05, 4.69) is 36.5 Å². The highest BCUT2D eigenvalue weighted by Crippen LogP contribution is 2.49. The zero-order valence-corrected chi connectivity index (χ0v) is 14.8. The Morgan fingerprint density at radius 1 is 1.21 bits per heavy atom. The van der Waals surface area contributed by atoms with Crippen LogP contribution in [0.4, 0.5) is 5.69 Å². The van der Waals surface area contributed by atoms with Gasteiger partial charge in [-0.3, -0.25) is 0 Å². The standard InChI is InChI=1S/C20H22ClNO2/c1-12-5-7-17-15(10-12)20-14(4-3-9-24-20)19(22-17)13-6-8-18(23-2)16(21)11-13/h5-8,10-11,14,19-20,22H,3-4,9H2,1-2H3/t14-,19-,20-/m0/s1. The van der Waals surface area contributed by atoms with Crippen LogP contribution >= 0.6 is 11.6 Å². The van der Waals surface area contributed by atoms with Gasteiger partial charge in [0.15, 0.2) is 0 Å². The van der Waals surface area contributed by atoms with Gasteiger partial charge in [0.1, 0.15) is 5.75 Å². The van der Waals surface area contributed by atoms with Crippen LogP contribution in [0.1, 0.15) is 41.7 Å². The summed E-state index contributed by atoms with van der Waals surface area (Å²) in [5.74, 6) is 1.13. The molecule has 2 aromatic carbocycles. The Morgan fingerprint density at radius 2 is 2.08 bits per heavy atom. The smallest absolute Gasteiger partial charge is 0.137 e. The van der Waals surface area contributed by atoms with Gasteiger partial charge in [0.2, 0.25) is 0 Å². The summed E-state index contributed by atoms with van der Waals surface area (Å²) in [5, 5.41) is 4.38. The van der Waals surface area contributed by atoms with Gasteiger partial charge in [0, 0.05) is 23.8 Å². The molecule has 3 atom stereocenters. The number of aryl methyl sites for hydroxylation is 1. The predicted octanol–water partition coefficient (Wildman–Crippen LogP) is 5.29. The minimum absolute atomic E-state index is 0.153. The first-order valence-corrected chi connectivity index (χ1v) is 8.87. The number of rotatable bonds is 2. The molecule has 1 saturated heterocycles. The van der Waals surface area contributed by atoms with Crippen LogP contribution in [0, 0.1) is 12.8 Å². The Balaban J connectivity index is 1.76. The molecule has 0 amide bonds. The number of methoxy groups -OCH3 is 1. The van der Waals surface area contributed by atoms with Gasteiger partial charge < -0.3 is 14.8 Å². The fourth-order valence-corrected chi connectivity index (χ4v) is 4.26. The van der Waals surface area contributed by atoms with Crippen molar-refractivity contribution in [3.63, 3.8) is 0 Å². The molecule has 4 heteroatoms. The molecule has 126 valence electrons. The third-order valence-electron chi connectivity index (χ3n) is 5.16. The molecule has 2 aromatic rings. The molecule has 0 spiro atoms. The van der Waals surface area contributed by atoms with E-state index in [0.29, 0.717) is 16.7 Å². The number of hydrogen-bond acceptors (Lipinski definition) is 3. The van der Waals surface area contributed by atoms with Crippen molar-refractivity contribution in [2.45, 2.75) is 31.9 Å². The van der Waals surface area contributed by atoms with Crippen LogP contribution in [0.2, 0.25) is 5.02 Å². The Labute approximate surface area is 147 Å². The maximum absolute atomic E-state index is 6.36. The fourth-order valence-electron chi connectivity index (χ4n) is 4.00. The quantitative estimate of drug-likeness (QED) is 0.803. The summed E-state index contributed by atoms with van der Waals surface area (Å²) >= 11 is 6.36. The van der Waals surface area contributed by atoms with Gasteiger partial charge >= 0.3 is 0 Å². The van der Waals surface area contributed by atoms with Crippen LogP contribution in [0.3, 0.4) is 0 Å². The zero-order valence-electron chi connectivity index (χ0n) is 14.0. The van der Waals surface area contributed by atoms with Crippen LogP contribution in [-0.2, 0) is 4.74 Å². The van der Waals surface area contributed by atoms with E-state index in [-0.39, 0.29) is 12.1 Å². The van der Waals surface area contributed by atoms with Gasteiger partial charge in [-0.1, -0.05) is 35.4 Å². The van der Waals surface area contributed by atoms with Crippen molar-refractivity contribution in [3.05, 3.63) is 58.1 Å². The van der Waals surface area contributed by atoms with Crippen LogP contribution in [0.15, 0.2) is 36.4 Å². The molecule has 3 nitrogen and oxygen atoms in total. The highest BCUT2D eigenvalue weighted by Gasteiger charge is 2.39. The third kappa shape index (κ3) is 2.66. The summed E-state index contributed by atoms with van der Waals surface area (Å²) < 4.78 is 11.5. The minimum Gasteiger partial charge on any atom is -0.495 e. The third-order valence-corrected chi connectivity index (χ3v) is 5.45. The molecule has 24 heavy (non-hydrogen) atoms. The number of ether oxygens (including phenoxy) is 2. The molecule has 0 saturated carbocycles. The lowest BCUT2D eigenvalue weighted by Crippen LogP contribution is -2.36. The number of anilines is 1. The van der Waals surface area contributed by atoms with E-state index in [1.54, 1.807) is 7.11 Å². The average Bonchev–Trinajstić information content (AvgIpc) is 2.61. The zero-order chi connectivity index (χ0) is 16.7. The summed E-state index contributed by atoms with van der Waals surface area (Å²) in [5.41, 5.74) is 4.91. The Hall–Kier alpha value is -1.71. The molecule has 4 rings (SSSR count). The van der Waals surface area contributed by atoms with Crippen LogP contribution in [-0.4, -0.2) is 13.7 Å². The SMILES string of the molecule is COc1ccc([C@@H]2Nc3ccc(C)cc3[C@H]3OCCC[C@H]32)cc1Cl. The lowest BCUT2D eigenvalue weighted by atomic mass is 9.77. The Bertz CT molecular complexity index is 761. The van der Waals surface area contributed by atoms with Gasteiger partial charge in [-0.05, 0) is 43.5 Å². The first kappa shape index (κ1) is 15.8. The Morgan fingerprint density at radius 3 is 2.88 bits per heavy atom. The molecule has 0 aromatic heterocycles.